The molecular weight excluding hydrogens is 242 g/mol. The highest BCUT2D eigenvalue weighted by atomic mass is 32.2. The minimum Gasteiger partial charge on any atom is -0.365 e. The van der Waals surface area contributed by atoms with Crippen LogP contribution in [0.25, 0.3) is 0 Å². The number of nitrogens with one attached hydrogen (secondary N) is 1. The van der Waals surface area contributed by atoms with Crippen LogP contribution in [0.15, 0.2) is 17.2 Å². The first-order chi connectivity index (χ1) is 7.94. The Bertz CT molecular complexity index is 522. The summed E-state index contributed by atoms with van der Waals surface area (Å²) in [4.78, 5) is 15.6. The monoisotopic (exact) mass is 259 g/mol. The minimum absolute atomic E-state index is 0.106. The van der Waals surface area contributed by atoms with E-state index in [1.54, 1.807) is 12.4 Å². The molecule has 0 radical (unpaired) electrons. The number of aromatic nitrogens is 2. The molecule has 0 aliphatic carbocycles. The van der Waals surface area contributed by atoms with E-state index in [0.717, 1.165) is 0 Å². The summed E-state index contributed by atoms with van der Waals surface area (Å²) in [7, 11) is -2.95. The Kier molecular flexibility index (Phi) is 4.68. The Hall–Kier alpha value is -1.37. The fourth-order valence-corrected chi connectivity index (χ4v) is 2.03. The Morgan fingerprint density at radius 1 is 1.47 bits per heavy atom. The zero-order chi connectivity index (χ0) is 12.9. The van der Waals surface area contributed by atoms with Gasteiger partial charge in [0.05, 0.1) is 5.75 Å². The molecule has 0 bridgehead atoms. The van der Waals surface area contributed by atoms with E-state index in [4.69, 9.17) is 0 Å². The van der Waals surface area contributed by atoms with Gasteiger partial charge in [0.25, 0.3) is 5.56 Å². The first kappa shape index (κ1) is 13.7. The molecule has 0 saturated heterocycles. The lowest BCUT2D eigenvalue weighted by atomic mass is 10.4. The number of hydrogen-bond donors (Lipinski definition) is 1. The Balaban J connectivity index is 2.56. The van der Waals surface area contributed by atoms with Gasteiger partial charge in [-0.05, 0) is 13.3 Å². The molecule has 1 aromatic heterocycles. The summed E-state index contributed by atoms with van der Waals surface area (Å²) in [5, 5.41) is 2.85. The summed E-state index contributed by atoms with van der Waals surface area (Å²) in [6, 6.07) is 0. The third kappa shape index (κ3) is 4.56. The second-order valence-corrected chi connectivity index (χ2v) is 6.04. The highest BCUT2D eigenvalue weighted by Gasteiger charge is 2.04. The van der Waals surface area contributed by atoms with Crippen molar-refractivity contribution >= 4 is 15.7 Å². The molecule has 96 valence electrons. The highest BCUT2D eigenvalue weighted by Crippen LogP contribution is 1.95. The molecule has 0 aromatic carbocycles. The maximum atomic E-state index is 11.7. The van der Waals surface area contributed by atoms with E-state index >= 15 is 0 Å². The highest BCUT2D eigenvalue weighted by molar-refractivity contribution is 7.90. The van der Waals surface area contributed by atoms with Crippen LogP contribution in [0.2, 0.25) is 0 Å². The summed E-state index contributed by atoms with van der Waals surface area (Å²) in [6.07, 6.45) is 4.81. The number of hydrogen-bond acceptors (Lipinski definition) is 5. The Morgan fingerprint density at radius 3 is 2.76 bits per heavy atom. The van der Waals surface area contributed by atoms with Crippen LogP contribution >= 0.6 is 0 Å². The third-order valence-electron chi connectivity index (χ3n) is 2.24. The molecule has 6 nitrogen and oxygen atoms in total. The van der Waals surface area contributed by atoms with E-state index in [9.17, 15) is 13.2 Å². The molecule has 0 atom stereocenters. The molecule has 0 amide bonds. The van der Waals surface area contributed by atoms with E-state index in [0.29, 0.717) is 19.5 Å². The van der Waals surface area contributed by atoms with Crippen LogP contribution < -0.4 is 10.9 Å². The van der Waals surface area contributed by atoms with Crippen molar-refractivity contribution in [3.63, 3.8) is 0 Å². The van der Waals surface area contributed by atoms with E-state index in [-0.39, 0.29) is 17.1 Å². The van der Waals surface area contributed by atoms with Gasteiger partial charge in [0, 0.05) is 31.7 Å². The first-order valence-corrected chi connectivity index (χ1v) is 7.47. The van der Waals surface area contributed by atoms with Crippen LogP contribution in [0.1, 0.15) is 13.3 Å². The molecule has 0 saturated carbocycles. The summed E-state index contributed by atoms with van der Waals surface area (Å²) in [5.74, 6) is 0.372. The largest absolute Gasteiger partial charge is 0.365 e. The van der Waals surface area contributed by atoms with Gasteiger partial charge < -0.3 is 9.88 Å². The molecule has 0 aliphatic rings. The molecule has 1 heterocycles. The lowest BCUT2D eigenvalue weighted by Gasteiger charge is -2.06. The second-order valence-electron chi connectivity index (χ2n) is 3.78. The van der Waals surface area contributed by atoms with Crippen LogP contribution in [-0.4, -0.2) is 36.5 Å². The predicted molar refractivity (Wildman–Crippen MR) is 67.0 cm³/mol. The normalized spacial score (nSPS) is 11.4. The van der Waals surface area contributed by atoms with E-state index in [1.807, 2.05) is 6.92 Å². The van der Waals surface area contributed by atoms with Crippen molar-refractivity contribution in [3.05, 3.63) is 22.7 Å². The van der Waals surface area contributed by atoms with Gasteiger partial charge in [-0.2, -0.15) is 0 Å². The summed E-state index contributed by atoms with van der Waals surface area (Å²) in [6.45, 7) is 2.87. The fraction of sp³-hybridized carbons (Fsp3) is 0.600. The van der Waals surface area contributed by atoms with Crippen molar-refractivity contribution in [1.29, 1.82) is 0 Å². The van der Waals surface area contributed by atoms with E-state index < -0.39 is 9.84 Å². The first-order valence-electron chi connectivity index (χ1n) is 5.41. The standard InChI is InChI=1S/C10H17N3O3S/c1-3-13-7-6-12-9(10(13)14)11-5-4-8-17(2,15)16/h6-7H,3-5,8H2,1-2H3,(H,11,12). The zero-order valence-electron chi connectivity index (χ0n) is 10.0. The topological polar surface area (TPSA) is 81.1 Å². The van der Waals surface area contributed by atoms with Crippen molar-refractivity contribution < 1.29 is 8.42 Å². The molecular formula is C10H17N3O3S. The molecule has 17 heavy (non-hydrogen) atoms. The maximum Gasteiger partial charge on any atom is 0.293 e. The van der Waals surface area contributed by atoms with Crippen LogP contribution in [-0.2, 0) is 16.4 Å². The summed E-state index contributed by atoms with van der Waals surface area (Å²) in [5.41, 5.74) is -0.186. The maximum absolute atomic E-state index is 11.7. The molecule has 0 unspecified atom stereocenters. The molecule has 1 N–H and O–H groups in total. The Labute approximate surface area is 101 Å². The lowest BCUT2D eigenvalue weighted by Crippen LogP contribution is -2.24. The fourth-order valence-electron chi connectivity index (χ4n) is 1.36. The molecule has 1 aromatic rings. The zero-order valence-corrected chi connectivity index (χ0v) is 10.8. The molecule has 0 fully saturated rings. The van der Waals surface area contributed by atoms with Crippen LogP contribution in [0.4, 0.5) is 5.82 Å². The van der Waals surface area contributed by atoms with Gasteiger partial charge in [0.2, 0.25) is 0 Å². The predicted octanol–water partition coefficient (Wildman–Crippen LogP) is 0.110. The van der Waals surface area contributed by atoms with Crippen molar-refractivity contribution in [1.82, 2.24) is 9.55 Å². The lowest BCUT2D eigenvalue weighted by molar-refractivity contribution is 0.600. The average Bonchev–Trinajstić information content (AvgIpc) is 2.25. The molecule has 1 rings (SSSR count). The quantitative estimate of drug-likeness (QED) is 0.733. The molecule has 0 aliphatic heterocycles. The van der Waals surface area contributed by atoms with Gasteiger partial charge in [-0.25, -0.2) is 13.4 Å². The van der Waals surface area contributed by atoms with Crippen molar-refractivity contribution in [2.75, 3.05) is 23.9 Å². The number of aryl methyl sites for hydroxylation is 1. The molecule has 0 spiro atoms. The van der Waals surface area contributed by atoms with E-state index in [2.05, 4.69) is 10.3 Å². The van der Waals surface area contributed by atoms with Gasteiger partial charge in [-0.3, -0.25) is 4.79 Å². The number of nitrogens with zero attached hydrogens (tertiary/aromatic N) is 2. The van der Waals surface area contributed by atoms with Gasteiger partial charge in [0.15, 0.2) is 5.82 Å². The Morgan fingerprint density at radius 2 is 2.18 bits per heavy atom. The second kappa shape index (κ2) is 5.81. The number of anilines is 1. The van der Waals surface area contributed by atoms with Gasteiger partial charge in [-0.15, -0.1) is 0 Å². The van der Waals surface area contributed by atoms with Crippen LogP contribution in [0.3, 0.4) is 0 Å². The SMILES string of the molecule is CCn1ccnc(NCCCS(C)(=O)=O)c1=O. The van der Waals surface area contributed by atoms with Crippen molar-refractivity contribution in [2.45, 2.75) is 19.9 Å². The van der Waals surface area contributed by atoms with Crippen LogP contribution in [0.5, 0.6) is 0 Å². The van der Waals surface area contributed by atoms with E-state index in [1.165, 1.54) is 10.8 Å². The summed E-state index contributed by atoms with van der Waals surface area (Å²) >= 11 is 0. The van der Waals surface area contributed by atoms with Gasteiger partial charge in [0.1, 0.15) is 9.84 Å². The average molecular weight is 259 g/mol. The van der Waals surface area contributed by atoms with Crippen molar-refractivity contribution in [3.8, 4) is 0 Å². The third-order valence-corrected chi connectivity index (χ3v) is 3.27. The van der Waals surface area contributed by atoms with Gasteiger partial charge in [-0.1, -0.05) is 0 Å². The molecule has 7 heteroatoms. The van der Waals surface area contributed by atoms with Gasteiger partial charge >= 0.3 is 0 Å². The number of sulfone groups is 1. The van der Waals surface area contributed by atoms with Crippen molar-refractivity contribution in [2.24, 2.45) is 0 Å². The summed E-state index contributed by atoms with van der Waals surface area (Å²) < 4.78 is 23.3. The smallest absolute Gasteiger partial charge is 0.293 e. The number of rotatable bonds is 6. The van der Waals surface area contributed by atoms with Crippen LogP contribution in [0, 0.1) is 0 Å². The minimum atomic E-state index is -2.95.